The predicted molar refractivity (Wildman–Crippen MR) is 149 cm³/mol. The molecule has 3 rings (SSSR count). The number of nitrogens with zero attached hydrogens (tertiary/aromatic N) is 2. The van der Waals surface area contributed by atoms with E-state index in [1.165, 1.54) is 24.1 Å². The fourth-order valence-electron chi connectivity index (χ4n) is 3.91. The second-order valence-corrected chi connectivity index (χ2v) is 11.0. The van der Waals surface area contributed by atoms with Gasteiger partial charge in [-0.1, -0.05) is 47.5 Å². The Bertz CT molecular complexity index is 1340. The van der Waals surface area contributed by atoms with Crippen LogP contribution in [0.1, 0.15) is 30.5 Å². The number of aryl methyl sites for hydroxylation is 2. The quantitative estimate of drug-likeness (QED) is 0.398. The topological polar surface area (TPSA) is 96.0 Å². The third kappa shape index (κ3) is 6.92. The lowest BCUT2D eigenvalue weighted by Gasteiger charge is -2.32. The minimum absolute atomic E-state index is 0.0635. The first kappa shape index (κ1) is 28.7. The van der Waals surface area contributed by atoms with E-state index in [1.54, 1.807) is 50.2 Å². The number of hydrogen-bond acceptors (Lipinski definition) is 5. The maximum absolute atomic E-state index is 13.8. The number of sulfonamides is 1. The SMILES string of the molecule is CCNC(=O)C(C)N(Cc1ccc(C)cc1)C(=O)CN(c1ccc(OC)cc1)S(=O)(=O)c1ccc(C)cc1. The lowest BCUT2D eigenvalue weighted by atomic mass is 10.1. The van der Waals surface area contributed by atoms with Crippen molar-refractivity contribution in [1.29, 1.82) is 0 Å². The van der Waals surface area contributed by atoms with Crippen molar-refractivity contribution in [3.63, 3.8) is 0 Å². The molecule has 1 unspecified atom stereocenters. The molecule has 0 heterocycles. The van der Waals surface area contributed by atoms with E-state index in [0.29, 0.717) is 18.0 Å². The Labute approximate surface area is 225 Å². The lowest BCUT2D eigenvalue weighted by molar-refractivity contribution is -0.139. The first-order valence-corrected chi connectivity index (χ1v) is 13.9. The minimum Gasteiger partial charge on any atom is -0.497 e. The number of hydrogen-bond donors (Lipinski definition) is 1. The maximum Gasteiger partial charge on any atom is 0.264 e. The molecule has 0 saturated carbocycles. The third-order valence-electron chi connectivity index (χ3n) is 6.24. The summed E-state index contributed by atoms with van der Waals surface area (Å²) in [6, 6.07) is 19.8. The van der Waals surface area contributed by atoms with Crippen LogP contribution in [0.3, 0.4) is 0 Å². The van der Waals surface area contributed by atoms with Crippen LogP contribution in [-0.4, -0.2) is 51.4 Å². The second-order valence-electron chi connectivity index (χ2n) is 9.10. The average molecular weight is 538 g/mol. The fraction of sp³-hybridized carbons (Fsp3) is 0.310. The van der Waals surface area contributed by atoms with Crippen LogP contribution >= 0.6 is 0 Å². The molecule has 38 heavy (non-hydrogen) atoms. The average Bonchev–Trinajstić information content (AvgIpc) is 2.91. The molecule has 0 saturated heterocycles. The Morgan fingerprint density at radius 1 is 0.895 bits per heavy atom. The number of benzene rings is 3. The minimum atomic E-state index is -4.11. The number of carbonyl (C=O) groups excluding carboxylic acids is 2. The van der Waals surface area contributed by atoms with Crippen molar-refractivity contribution in [1.82, 2.24) is 10.2 Å². The smallest absolute Gasteiger partial charge is 0.264 e. The van der Waals surface area contributed by atoms with Crippen molar-refractivity contribution in [3.05, 3.63) is 89.5 Å². The van der Waals surface area contributed by atoms with Crippen LogP contribution < -0.4 is 14.4 Å². The summed E-state index contributed by atoms with van der Waals surface area (Å²) >= 11 is 0. The van der Waals surface area contributed by atoms with Gasteiger partial charge in [-0.15, -0.1) is 0 Å². The van der Waals surface area contributed by atoms with Gasteiger partial charge in [0.25, 0.3) is 10.0 Å². The van der Waals surface area contributed by atoms with Gasteiger partial charge in [-0.05, 0) is 69.7 Å². The van der Waals surface area contributed by atoms with Gasteiger partial charge in [-0.3, -0.25) is 13.9 Å². The molecule has 0 aliphatic heterocycles. The number of amides is 2. The van der Waals surface area contributed by atoms with Crippen LogP contribution in [0.4, 0.5) is 5.69 Å². The summed E-state index contributed by atoms with van der Waals surface area (Å²) < 4.78 is 33.9. The number of nitrogens with one attached hydrogen (secondary N) is 1. The molecule has 3 aromatic rings. The summed E-state index contributed by atoms with van der Waals surface area (Å²) in [6.45, 7) is 7.35. The number of ether oxygens (including phenoxy) is 1. The van der Waals surface area contributed by atoms with Crippen molar-refractivity contribution >= 4 is 27.5 Å². The molecule has 8 nitrogen and oxygen atoms in total. The van der Waals surface area contributed by atoms with E-state index >= 15 is 0 Å². The van der Waals surface area contributed by atoms with Crippen LogP contribution in [0.15, 0.2) is 77.7 Å². The highest BCUT2D eigenvalue weighted by Crippen LogP contribution is 2.27. The molecule has 1 N–H and O–H groups in total. The van der Waals surface area contributed by atoms with Gasteiger partial charge in [0.2, 0.25) is 11.8 Å². The molecule has 202 valence electrons. The van der Waals surface area contributed by atoms with Gasteiger partial charge in [0, 0.05) is 13.1 Å². The molecule has 3 aromatic carbocycles. The molecule has 0 aliphatic rings. The van der Waals surface area contributed by atoms with Crippen molar-refractivity contribution in [2.75, 3.05) is 24.5 Å². The van der Waals surface area contributed by atoms with Gasteiger partial charge >= 0.3 is 0 Å². The highest BCUT2D eigenvalue weighted by Gasteiger charge is 2.32. The van der Waals surface area contributed by atoms with Crippen molar-refractivity contribution in [3.8, 4) is 5.75 Å². The molecule has 0 fully saturated rings. The van der Waals surface area contributed by atoms with Crippen LogP contribution in [0.5, 0.6) is 5.75 Å². The number of rotatable bonds is 11. The van der Waals surface area contributed by atoms with E-state index in [2.05, 4.69) is 5.32 Å². The summed E-state index contributed by atoms with van der Waals surface area (Å²) in [7, 11) is -2.59. The second kappa shape index (κ2) is 12.6. The molecule has 0 aliphatic carbocycles. The number of carbonyl (C=O) groups is 2. The summed E-state index contributed by atoms with van der Waals surface area (Å²) in [5, 5.41) is 2.76. The molecule has 0 bridgehead atoms. The molecule has 1 atom stereocenters. The first-order valence-electron chi connectivity index (χ1n) is 12.4. The fourth-order valence-corrected chi connectivity index (χ4v) is 5.32. The molecular formula is C29H35N3O5S. The van der Waals surface area contributed by atoms with Crippen LogP contribution in [0, 0.1) is 13.8 Å². The van der Waals surface area contributed by atoms with Gasteiger partial charge in [0.05, 0.1) is 17.7 Å². The van der Waals surface area contributed by atoms with Crippen molar-refractivity contribution in [2.24, 2.45) is 0 Å². The Balaban J connectivity index is 2.02. The Morgan fingerprint density at radius 3 is 1.97 bits per heavy atom. The Morgan fingerprint density at radius 2 is 1.45 bits per heavy atom. The van der Waals surface area contributed by atoms with E-state index in [9.17, 15) is 18.0 Å². The summed E-state index contributed by atoms with van der Waals surface area (Å²) in [4.78, 5) is 28.1. The van der Waals surface area contributed by atoms with Gasteiger partial charge in [-0.25, -0.2) is 8.42 Å². The van der Waals surface area contributed by atoms with Crippen LogP contribution in [0.2, 0.25) is 0 Å². The van der Waals surface area contributed by atoms with Crippen LogP contribution in [-0.2, 0) is 26.2 Å². The van der Waals surface area contributed by atoms with E-state index in [0.717, 1.165) is 21.0 Å². The molecule has 9 heteroatoms. The van der Waals surface area contributed by atoms with Gasteiger partial charge in [0.1, 0.15) is 18.3 Å². The zero-order valence-corrected chi connectivity index (χ0v) is 23.3. The summed E-state index contributed by atoms with van der Waals surface area (Å²) in [6.07, 6.45) is 0. The third-order valence-corrected chi connectivity index (χ3v) is 8.03. The molecule has 0 spiro atoms. The van der Waals surface area contributed by atoms with Crippen molar-refractivity contribution in [2.45, 2.75) is 45.2 Å². The molecule has 2 amide bonds. The molecule has 0 radical (unpaired) electrons. The summed E-state index contributed by atoms with van der Waals surface area (Å²) in [5.41, 5.74) is 3.12. The largest absolute Gasteiger partial charge is 0.497 e. The number of methoxy groups -OCH3 is 1. The van der Waals surface area contributed by atoms with Crippen molar-refractivity contribution < 1.29 is 22.7 Å². The molecular weight excluding hydrogens is 502 g/mol. The highest BCUT2D eigenvalue weighted by molar-refractivity contribution is 7.92. The van der Waals surface area contributed by atoms with E-state index in [1.807, 2.05) is 38.1 Å². The highest BCUT2D eigenvalue weighted by atomic mass is 32.2. The standard InChI is InChI=1S/C29H35N3O5S/c1-6-30-29(34)23(4)31(19-24-11-7-21(2)8-12-24)28(33)20-32(25-13-15-26(37-5)16-14-25)38(35,36)27-17-9-22(3)10-18-27/h7-18,23H,6,19-20H2,1-5H3,(H,30,34). The number of anilines is 1. The zero-order chi connectivity index (χ0) is 27.9. The first-order chi connectivity index (χ1) is 18.1. The Kier molecular flexibility index (Phi) is 9.52. The summed E-state index contributed by atoms with van der Waals surface area (Å²) in [5.74, 6) is -0.264. The predicted octanol–water partition coefficient (Wildman–Crippen LogP) is 4.06. The van der Waals surface area contributed by atoms with Gasteiger partial charge in [0.15, 0.2) is 0 Å². The normalized spacial score (nSPS) is 11.9. The van der Waals surface area contributed by atoms with Crippen LogP contribution in [0.25, 0.3) is 0 Å². The van der Waals surface area contributed by atoms with E-state index < -0.39 is 28.5 Å². The van der Waals surface area contributed by atoms with E-state index in [-0.39, 0.29) is 17.3 Å². The van der Waals surface area contributed by atoms with E-state index in [4.69, 9.17) is 4.74 Å². The zero-order valence-electron chi connectivity index (χ0n) is 22.5. The monoisotopic (exact) mass is 537 g/mol. The lowest BCUT2D eigenvalue weighted by Crippen LogP contribution is -2.51. The van der Waals surface area contributed by atoms with Gasteiger partial charge < -0.3 is 15.0 Å². The maximum atomic E-state index is 13.8. The number of likely N-dealkylation sites (N-methyl/N-ethyl adjacent to an activating group) is 1. The van der Waals surface area contributed by atoms with Gasteiger partial charge in [-0.2, -0.15) is 0 Å². The Hall–Kier alpha value is -3.85. The molecule has 0 aromatic heterocycles.